The average molecular weight is 807 g/mol. The van der Waals surface area contributed by atoms with Gasteiger partial charge in [0.1, 0.15) is 17.9 Å². The Hall–Kier alpha value is -6.28. The van der Waals surface area contributed by atoms with E-state index in [0.29, 0.717) is 41.3 Å². The number of ether oxygens (including phenoxy) is 1. The molecule has 3 aromatic carbocycles. The topological polar surface area (TPSA) is 155 Å². The summed E-state index contributed by atoms with van der Waals surface area (Å²) in [6, 6.07) is 24.6. The van der Waals surface area contributed by atoms with E-state index in [4.69, 9.17) is 4.74 Å². The molecule has 0 radical (unpaired) electrons. The molecule has 3 fully saturated rings. The first kappa shape index (κ1) is 40.5. The Labute approximate surface area is 350 Å². The van der Waals surface area contributed by atoms with Gasteiger partial charge in [0.15, 0.2) is 0 Å². The van der Waals surface area contributed by atoms with Crippen LogP contribution in [0.2, 0.25) is 0 Å². The van der Waals surface area contributed by atoms with Crippen molar-refractivity contribution in [1.82, 2.24) is 24.6 Å². The molecule has 1 N–H and O–H groups in total. The van der Waals surface area contributed by atoms with Crippen LogP contribution < -0.4 is 15.0 Å². The van der Waals surface area contributed by atoms with E-state index in [1.807, 2.05) is 44.2 Å². The van der Waals surface area contributed by atoms with E-state index in [1.54, 1.807) is 24.3 Å². The Morgan fingerprint density at radius 3 is 2.17 bits per heavy atom. The highest BCUT2D eigenvalue weighted by Gasteiger charge is 2.45. The first-order valence-electron chi connectivity index (χ1n) is 21.0. The summed E-state index contributed by atoms with van der Waals surface area (Å²) in [4.78, 5) is 58.9. The van der Waals surface area contributed by atoms with Crippen LogP contribution in [0.4, 0.5) is 5.69 Å². The van der Waals surface area contributed by atoms with E-state index in [9.17, 15) is 29.7 Å². The smallest absolute Gasteiger partial charge is 0.262 e. The molecule has 308 valence electrons. The van der Waals surface area contributed by atoms with Gasteiger partial charge in [-0.3, -0.25) is 34.3 Å². The number of carbonyl (C=O) groups is 4. The summed E-state index contributed by atoms with van der Waals surface area (Å²) < 4.78 is 8.31. The van der Waals surface area contributed by atoms with Gasteiger partial charge in [-0.05, 0) is 112 Å². The van der Waals surface area contributed by atoms with Crippen molar-refractivity contribution in [3.05, 3.63) is 106 Å². The van der Waals surface area contributed by atoms with Gasteiger partial charge in [0, 0.05) is 74.9 Å². The van der Waals surface area contributed by atoms with E-state index in [2.05, 4.69) is 48.9 Å². The van der Waals surface area contributed by atoms with Gasteiger partial charge in [-0.25, -0.2) is 0 Å². The van der Waals surface area contributed by atoms with Gasteiger partial charge in [-0.1, -0.05) is 24.3 Å². The molecule has 4 aromatic rings. The van der Waals surface area contributed by atoms with Crippen LogP contribution in [0.1, 0.15) is 80.9 Å². The fourth-order valence-corrected chi connectivity index (χ4v) is 9.28. The molecule has 0 bridgehead atoms. The molecule has 1 atom stereocenters. The van der Waals surface area contributed by atoms with Crippen molar-refractivity contribution in [1.29, 1.82) is 10.5 Å². The van der Waals surface area contributed by atoms with Gasteiger partial charge in [0.2, 0.25) is 11.8 Å². The van der Waals surface area contributed by atoms with E-state index < -0.39 is 23.8 Å². The fourth-order valence-electron chi connectivity index (χ4n) is 9.28. The lowest BCUT2D eigenvalue weighted by molar-refractivity contribution is -0.136. The number of rotatable bonds is 12. The summed E-state index contributed by atoms with van der Waals surface area (Å²) in [5.74, 6) is -0.420. The van der Waals surface area contributed by atoms with Crippen molar-refractivity contribution >= 4 is 29.3 Å². The van der Waals surface area contributed by atoms with Crippen molar-refractivity contribution in [2.24, 2.45) is 5.92 Å². The van der Waals surface area contributed by atoms with Crippen LogP contribution in [-0.4, -0.2) is 108 Å². The zero-order valence-electron chi connectivity index (χ0n) is 34.3. The summed E-state index contributed by atoms with van der Waals surface area (Å²) in [5, 5.41) is 21.4. The Kier molecular flexibility index (Phi) is 11.8. The molecule has 1 aromatic heterocycles. The number of imide groups is 2. The summed E-state index contributed by atoms with van der Waals surface area (Å²) in [6.07, 6.45) is 3.56. The standard InChI is InChI=1S/C47H50N8O5/c1-31-41(28-49)44(36-8-4-33(27-48)5-9-36)32(2)54(31)30-34-6-11-38(12-7-34)60-25-3-18-51-19-16-35(17-20-51)29-52-21-23-53(24-22-52)37-10-13-39-40(26-37)47(59)55(46(39)58)42-14-15-43(56)50-45(42)57/h4-13,26,35,42H,3,14-25,29-30H2,1-2H3,(H,50,56,57). The average Bonchev–Trinajstić information content (AvgIpc) is 3.66. The van der Waals surface area contributed by atoms with Gasteiger partial charge in [0.25, 0.3) is 11.8 Å². The molecular weight excluding hydrogens is 757 g/mol. The number of likely N-dealkylation sites (tertiary alicyclic amines) is 1. The van der Waals surface area contributed by atoms with Crippen LogP contribution in [0.5, 0.6) is 5.75 Å². The molecule has 4 aliphatic heterocycles. The number of nitrogens with one attached hydrogen (secondary N) is 1. The first-order valence-corrected chi connectivity index (χ1v) is 21.0. The highest BCUT2D eigenvalue weighted by molar-refractivity contribution is 6.23. The maximum Gasteiger partial charge on any atom is 0.262 e. The molecule has 5 heterocycles. The fraction of sp³-hybridized carbons (Fsp3) is 0.404. The number of anilines is 1. The number of piperazine rings is 1. The number of fused-ring (bicyclic) bond motifs is 1. The molecular formula is C47H50N8O5. The zero-order valence-corrected chi connectivity index (χ0v) is 34.3. The van der Waals surface area contributed by atoms with Gasteiger partial charge in [-0.2, -0.15) is 10.5 Å². The van der Waals surface area contributed by atoms with Crippen molar-refractivity contribution in [2.75, 3.05) is 63.9 Å². The SMILES string of the molecule is Cc1c(C#N)c(-c2ccc(C#N)cc2)c(C)n1Cc1ccc(OCCCN2CCC(CN3CCN(c4ccc5c(c4)C(=O)N(C4CCC(=O)NC4=O)C5=O)CC3)CC2)cc1. The van der Waals surface area contributed by atoms with Crippen molar-refractivity contribution in [3.8, 4) is 29.0 Å². The number of benzene rings is 3. The lowest BCUT2D eigenvalue weighted by Gasteiger charge is -2.39. The van der Waals surface area contributed by atoms with Crippen LogP contribution in [0.15, 0.2) is 66.7 Å². The van der Waals surface area contributed by atoms with Crippen LogP contribution >= 0.6 is 0 Å². The first-order chi connectivity index (χ1) is 29.1. The summed E-state index contributed by atoms with van der Waals surface area (Å²) in [6.45, 7) is 13.1. The third-order valence-electron chi connectivity index (χ3n) is 12.7. The minimum absolute atomic E-state index is 0.0993. The third kappa shape index (κ3) is 8.29. The van der Waals surface area contributed by atoms with Crippen molar-refractivity contribution in [2.45, 2.75) is 58.5 Å². The molecule has 1 unspecified atom stereocenters. The molecule has 4 aliphatic rings. The Morgan fingerprint density at radius 1 is 0.767 bits per heavy atom. The number of hydrogen-bond donors (Lipinski definition) is 1. The lowest BCUT2D eigenvalue weighted by atomic mass is 9.95. The minimum atomic E-state index is -0.963. The quantitative estimate of drug-likeness (QED) is 0.148. The maximum absolute atomic E-state index is 13.3. The molecule has 0 saturated carbocycles. The lowest BCUT2D eigenvalue weighted by Crippen LogP contribution is -2.54. The number of hydrogen-bond acceptors (Lipinski definition) is 10. The minimum Gasteiger partial charge on any atom is -0.494 e. The Morgan fingerprint density at radius 2 is 1.48 bits per heavy atom. The Balaban J connectivity index is 0.741. The monoisotopic (exact) mass is 806 g/mol. The number of amides is 4. The molecule has 0 aliphatic carbocycles. The predicted octanol–water partition coefficient (Wildman–Crippen LogP) is 5.27. The van der Waals surface area contributed by atoms with Crippen LogP contribution in [-0.2, 0) is 16.1 Å². The number of nitrogens with zero attached hydrogens (tertiary/aromatic N) is 7. The molecule has 60 heavy (non-hydrogen) atoms. The molecule has 13 heteroatoms. The molecule has 0 spiro atoms. The van der Waals surface area contributed by atoms with Crippen LogP contribution in [0.25, 0.3) is 11.1 Å². The van der Waals surface area contributed by atoms with Crippen LogP contribution in [0, 0.1) is 42.4 Å². The van der Waals surface area contributed by atoms with Crippen LogP contribution in [0.3, 0.4) is 0 Å². The second-order valence-corrected chi connectivity index (χ2v) is 16.4. The third-order valence-corrected chi connectivity index (χ3v) is 12.7. The van der Waals surface area contributed by atoms with E-state index in [1.165, 1.54) is 12.8 Å². The highest BCUT2D eigenvalue weighted by atomic mass is 16.5. The predicted molar refractivity (Wildman–Crippen MR) is 225 cm³/mol. The second-order valence-electron chi connectivity index (χ2n) is 16.4. The second kappa shape index (κ2) is 17.5. The van der Waals surface area contributed by atoms with Gasteiger partial charge >= 0.3 is 0 Å². The zero-order chi connectivity index (χ0) is 41.9. The number of aromatic nitrogens is 1. The van der Waals surface area contributed by atoms with Gasteiger partial charge < -0.3 is 19.1 Å². The molecule has 8 rings (SSSR count). The van der Waals surface area contributed by atoms with E-state index in [-0.39, 0.29) is 18.7 Å². The summed E-state index contributed by atoms with van der Waals surface area (Å²) in [7, 11) is 0. The Bertz CT molecular complexity index is 2380. The molecule has 3 saturated heterocycles. The van der Waals surface area contributed by atoms with Gasteiger partial charge in [0.05, 0.1) is 34.9 Å². The maximum atomic E-state index is 13.3. The van der Waals surface area contributed by atoms with Crippen molar-refractivity contribution in [3.63, 3.8) is 0 Å². The van der Waals surface area contributed by atoms with Gasteiger partial charge in [-0.15, -0.1) is 0 Å². The number of carbonyl (C=O) groups excluding carboxylic acids is 4. The molecule has 13 nitrogen and oxygen atoms in total. The van der Waals surface area contributed by atoms with E-state index >= 15 is 0 Å². The van der Waals surface area contributed by atoms with Crippen molar-refractivity contribution < 1.29 is 23.9 Å². The highest BCUT2D eigenvalue weighted by Crippen LogP contribution is 2.34. The molecule has 4 amide bonds. The summed E-state index contributed by atoms with van der Waals surface area (Å²) >= 11 is 0. The summed E-state index contributed by atoms with van der Waals surface area (Å²) in [5.41, 5.74) is 7.71. The number of nitriles is 2. The normalized spacial score (nSPS) is 19.0. The largest absolute Gasteiger partial charge is 0.494 e. The number of piperidine rings is 2. The van der Waals surface area contributed by atoms with E-state index in [0.717, 1.165) is 103 Å².